The average molecular weight is 324 g/mol. The van der Waals surface area contributed by atoms with Gasteiger partial charge in [0.05, 0.1) is 12.1 Å². The van der Waals surface area contributed by atoms with E-state index in [-0.39, 0.29) is 11.7 Å². The third-order valence-corrected chi connectivity index (χ3v) is 3.81. The second kappa shape index (κ2) is 4.16. The maximum atomic E-state index is 14.0. The SMILES string of the molecule is CC1(c2cc(Br)ccc2F)Cn2ccnc2C(=O)N1. The summed E-state index contributed by atoms with van der Waals surface area (Å²) in [5.41, 5.74) is -0.340. The van der Waals surface area contributed by atoms with Gasteiger partial charge < -0.3 is 9.88 Å². The number of hydrogen-bond donors (Lipinski definition) is 1. The molecule has 4 nitrogen and oxygen atoms in total. The predicted octanol–water partition coefficient (Wildman–Crippen LogP) is 2.44. The number of carbonyl (C=O) groups is 1. The summed E-state index contributed by atoms with van der Waals surface area (Å²) in [6.07, 6.45) is 3.29. The van der Waals surface area contributed by atoms with Gasteiger partial charge in [-0.15, -0.1) is 0 Å². The number of carbonyl (C=O) groups excluding carboxylic acids is 1. The molecule has 0 fully saturated rings. The highest BCUT2D eigenvalue weighted by molar-refractivity contribution is 9.10. The molecule has 0 spiro atoms. The third kappa shape index (κ3) is 1.96. The Kier molecular flexibility index (Phi) is 2.70. The van der Waals surface area contributed by atoms with Crippen molar-refractivity contribution in [2.75, 3.05) is 0 Å². The number of aromatic nitrogens is 2. The first-order chi connectivity index (χ1) is 8.99. The average Bonchev–Trinajstić information content (AvgIpc) is 2.80. The van der Waals surface area contributed by atoms with Gasteiger partial charge in [0.1, 0.15) is 5.82 Å². The van der Waals surface area contributed by atoms with E-state index in [0.717, 1.165) is 4.47 Å². The van der Waals surface area contributed by atoms with Gasteiger partial charge in [-0.05, 0) is 25.1 Å². The molecule has 1 aromatic heterocycles. The van der Waals surface area contributed by atoms with Crippen LogP contribution in [0.2, 0.25) is 0 Å². The number of fused-ring (bicyclic) bond motifs is 1. The second-order valence-electron chi connectivity index (χ2n) is 4.79. The molecule has 0 radical (unpaired) electrons. The number of benzene rings is 1. The van der Waals surface area contributed by atoms with Crippen LogP contribution in [0.5, 0.6) is 0 Å². The lowest BCUT2D eigenvalue weighted by molar-refractivity contribution is 0.0838. The molecular formula is C13H11BrFN3O. The fraction of sp³-hybridized carbons (Fsp3) is 0.231. The zero-order valence-electron chi connectivity index (χ0n) is 10.2. The van der Waals surface area contributed by atoms with Gasteiger partial charge in [0.2, 0.25) is 0 Å². The zero-order valence-corrected chi connectivity index (χ0v) is 11.7. The Hall–Kier alpha value is -1.69. The van der Waals surface area contributed by atoms with Crippen molar-refractivity contribution in [2.24, 2.45) is 0 Å². The Labute approximate surface area is 117 Å². The normalized spacial score (nSPS) is 21.9. The fourth-order valence-corrected chi connectivity index (χ4v) is 2.77. The summed E-state index contributed by atoms with van der Waals surface area (Å²) < 4.78 is 16.5. The van der Waals surface area contributed by atoms with Crippen molar-refractivity contribution >= 4 is 21.8 Å². The van der Waals surface area contributed by atoms with Gasteiger partial charge in [0.15, 0.2) is 5.82 Å². The number of halogens is 2. The molecule has 2 heterocycles. The van der Waals surface area contributed by atoms with Crippen LogP contribution < -0.4 is 5.32 Å². The lowest BCUT2D eigenvalue weighted by Crippen LogP contribution is -2.52. The number of hydrogen-bond acceptors (Lipinski definition) is 2. The highest BCUT2D eigenvalue weighted by atomic mass is 79.9. The molecule has 1 atom stereocenters. The molecule has 6 heteroatoms. The van der Waals surface area contributed by atoms with E-state index in [4.69, 9.17) is 0 Å². The van der Waals surface area contributed by atoms with Crippen LogP contribution in [0.4, 0.5) is 4.39 Å². The minimum atomic E-state index is -0.793. The van der Waals surface area contributed by atoms with Crippen molar-refractivity contribution in [1.29, 1.82) is 0 Å². The van der Waals surface area contributed by atoms with Crippen molar-refractivity contribution < 1.29 is 9.18 Å². The van der Waals surface area contributed by atoms with Crippen LogP contribution in [-0.2, 0) is 12.1 Å². The highest BCUT2D eigenvalue weighted by Crippen LogP contribution is 2.31. The maximum absolute atomic E-state index is 14.0. The molecule has 0 bridgehead atoms. The van der Waals surface area contributed by atoms with Crippen molar-refractivity contribution in [3.8, 4) is 0 Å². The lowest BCUT2D eigenvalue weighted by atomic mass is 9.90. The molecule has 3 rings (SSSR count). The summed E-state index contributed by atoms with van der Waals surface area (Å²) in [6.45, 7) is 2.25. The summed E-state index contributed by atoms with van der Waals surface area (Å²) in [7, 11) is 0. The van der Waals surface area contributed by atoms with E-state index in [9.17, 15) is 9.18 Å². The standard InChI is InChI=1S/C13H11BrFN3O/c1-13(9-6-8(14)2-3-10(9)15)7-18-5-4-16-11(18)12(19)17-13/h2-6H,7H2,1H3,(H,17,19). The predicted molar refractivity (Wildman–Crippen MR) is 71.1 cm³/mol. The molecule has 1 aromatic carbocycles. The maximum Gasteiger partial charge on any atom is 0.288 e. The molecule has 1 unspecified atom stereocenters. The molecule has 19 heavy (non-hydrogen) atoms. The van der Waals surface area contributed by atoms with Gasteiger partial charge in [-0.3, -0.25) is 4.79 Å². The number of imidazole rings is 1. The molecule has 0 aliphatic carbocycles. The van der Waals surface area contributed by atoms with Gasteiger partial charge >= 0.3 is 0 Å². The summed E-state index contributed by atoms with van der Waals surface area (Å²) >= 11 is 3.33. The molecule has 98 valence electrons. The van der Waals surface area contributed by atoms with Gasteiger partial charge in [-0.25, -0.2) is 9.37 Å². The van der Waals surface area contributed by atoms with Gasteiger partial charge in [0, 0.05) is 22.4 Å². The van der Waals surface area contributed by atoms with Gasteiger partial charge in [-0.1, -0.05) is 15.9 Å². The summed E-state index contributed by atoms with van der Waals surface area (Å²) in [5, 5.41) is 2.84. The van der Waals surface area contributed by atoms with Crippen molar-refractivity contribution in [3.63, 3.8) is 0 Å². The quantitative estimate of drug-likeness (QED) is 0.876. The molecule has 1 aliphatic heterocycles. The number of nitrogens with one attached hydrogen (secondary N) is 1. The lowest BCUT2D eigenvalue weighted by Gasteiger charge is -2.35. The summed E-state index contributed by atoms with van der Waals surface area (Å²) in [4.78, 5) is 16.0. The van der Waals surface area contributed by atoms with Crippen LogP contribution in [-0.4, -0.2) is 15.5 Å². The van der Waals surface area contributed by atoms with E-state index in [0.29, 0.717) is 17.9 Å². The van der Waals surface area contributed by atoms with E-state index in [2.05, 4.69) is 26.2 Å². The van der Waals surface area contributed by atoms with Crippen LogP contribution in [0.1, 0.15) is 23.1 Å². The number of rotatable bonds is 1. The number of amides is 1. The molecule has 1 amide bonds. The summed E-state index contributed by atoms with van der Waals surface area (Å²) in [6, 6.07) is 4.72. The van der Waals surface area contributed by atoms with Crippen LogP contribution in [0.3, 0.4) is 0 Å². The first-order valence-electron chi connectivity index (χ1n) is 5.79. The molecule has 1 N–H and O–H groups in total. The molecular weight excluding hydrogens is 313 g/mol. The first kappa shape index (κ1) is 12.3. The first-order valence-corrected chi connectivity index (χ1v) is 6.58. The molecule has 1 aliphatic rings. The van der Waals surface area contributed by atoms with Crippen molar-refractivity contribution in [1.82, 2.24) is 14.9 Å². The minimum Gasteiger partial charge on any atom is -0.338 e. The van der Waals surface area contributed by atoms with Crippen LogP contribution >= 0.6 is 15.9 Å². The van der Waals surface area contributed by atoms with E-state index < -0.39 is 5.54 Å². The van der Waals surface area contributed by atoms with Crippen LogP contribution in [0.15, 0.2) is 35.1 Å². The Bertz CT molecular complexity index is 670. The van der Waals surface area contributed by atoms with Crippen molar-refractivity contribution in [3.05, 3.63) is 52.3 Å². The topological polar surface area (TPSA) is 46.9 Å². The Balaban J connectivity index is 2.10. The van der Waals surface area contributed by atoms with E-state index in [1.165, 1.54) is 6.07 Å². The van der Waals surface area contributed by atoms with E-state index in [1.54, 1.807) is 36.0 Å². The fourth-order valence-electron chi connectivity index (χ4n) is 2.41. The second-order valence-corrected chi connectivity index (χ2v) is 5.70. The van der Waals surface area contributed by atoms with Crippen molar-refractivity contribution in [2.45, 2.75) is 19.0 Å². The molecule has 2 aromatic rings. The Morgan fingerprint density at radius 1 is 1.53 bits per heavy atom. The minimum absolute atomic E-state index is 0.293. The highest BCUT2D eigenvalue weighted by Gasteiger charge is 2.37. The smallest absolute Gasteiger partial charge is 0.288 e. The Morgan fingerprint density at radius 2 is 2.32 bits per heavy atom. The van der Waals surface area contributed by atoms with Crippen LogP contribution in [0.25, 0.3) is 0 Å². The number of nitrogens with zero attached hydrogens (tertiary/aromatic N) is 2. The van der Waals surface area contributed by atoms with Gasteiger partial charge in [0.25, 0.3) is 5.91 Å². The largest absolute Gasteiger partial charge is 0.338 e. The van der Waals surface area contributed by atoms with E-state index >= 15 is 0 Å². The zero-order chi connectivity index (χ0) is 13.6. The molecule has 0 saturated carbocycles. The monoisotopic (exact) mass is 323 g/mol. The van der Waals surface area contributed by atoms with Crippen LogP contribution in [0, 0.1) is 5.82 Å². The summed E-state index contributed by atoms with van der Waals surface area (Å²) in [5.74, 6) is -0.277. The van der Waals surface area contributed by atoms with Gasteiger partial charge in [-0.2, -0.15) is 0 Å². The third-order valence-electron chi connectivity index (χ3n) is 3.32. The molecule has 0 saturated heterocycles. The van der Waals surface area contributed by atoms with E-state index in [1.807, 2.05) is 0 Å². The Morgan fingerprint density at radius 3 is 3.11 bits per heavy atom.